The molecule has 0 saturated carbocycles. The summed E-state index contributed by atoms with van der Waals surface area (Å²) >= 11 is 0. The topological polar surface area (TPSA) is 103 Å². The van der Waals surface area contributed by atoms with Crippen molar-refractivity contribution >= 4 is 11.6 Å². The number of pyridine rings is 1. The fraction of sp³-hybridized carbons (Fsp3) is 0.100. The van der Waals surface area contributed by atoms with Crippen molar-refractivity contribution in [1.82, 2.24) is 9.38 Å². The van der Waals surface area contributed by atoms with Crippen molar-refractivity contribution in [2.45, 2.75) is 6.04 Å². The van der Waals surface area contributed by atoms with E-state index < -0.39 is 11.9 Å². The van der Waals surface area contributed by atoms with Gasteiger partial charge in [-0.15, -0.1) is 0 Å². The smallest absolute Gasteiger partial charge is 0.258 e. The summed E-state index contributed by atoms with van der Waals surface area (Å²) in [6, 6.07) is 5.25. The van der Waals surface area contributed by atoms with Gasteiger partial charge in [0.05, 0.1) is 5.69 Å². The maximum atomic E-state index is 11.6. The minimum atomic E-state index is -1.06. The Kier molecular flexibility index (Phi) is 2.41. The molecule has 0 aliphatic carbocycles. The second-order valence-corrected chi connectivity index (χ2v) is 3.33. The lowest BCUT2D eigenvalue weighted by Crippen LogP contribution is -2.30. The predicted octanol–water partition coefficient (Wildman–Crippen LogP) is -0.820. The van der Waals surface area contributed by atoms with Crippen molar-refractivity contribution < 1.29 is 4.79 Å². The van der Waals surface area contributed by atoms with E-state index in [2.05, 4.69) is 4.98 Å². The quantitative estimate of drug-likeness (QED) is 0.687. The number of fused-ring (bicyclic) bond motifs is 1. The fourth-order valence-electron chi connectivity index (χ4n) is 1.38. The lowest BCUT2D eigenvalue weighted by molar-refractivity contribution is -0.119. The van der Waals surface area contributed by atoms with Crippen molar-refractivity contribution in [1.29, 1.82) is 0 Å². The first-order valence-corrected chi connectivity index (χ1v) is 4.63. The minimum absolute atomic E-state index is 0.184. The Labute approximate surface area is 90.5 Å². The van der Waals surface area contributed by atoms with Crippen molar-refractivity contribution in [3.63, 3.8) is 0 Å². The van der Waals surface area contributed by atoms with Crippen LogP contribution in [0, 0.1) is 0 Å². The molecule has 6 nitrogen and oxygen atoms in total. The molecule has 0 aliphatic rings. The number of nitrogens with two attached hydrogens (primary N) is 2. The van der Waals surface area contributed by atoms with E-state index in [1.807, 2.05) is 0 Å². The number of amides is 1. The SMILES string of the molecule is NC(=O)C(N)c1cc(=O)n2ccccc2n1. The first-order chi connectivity index (χ1) is 7.59. The van der Waals surface area contributed by atoms with E-state index in [4.69, 9.17) is 11.5 Å². The normalized spacial score (nSPS) is 12.6. The molecule has 0 fully saturated rings. The maximum Gasteiger partial charge on any atom is 0.258 e. The lowest BCUT2D eigenvalue weighted by atomic mass is 10.2. The first-order valence-electron chi connectivity index (χ1n) is 4.63. The second kappa shape index (κ2) is 3.74. The van der Waals surface area contributed by atoms with Crippen LogP contribution >= 0.6 is 0 Å². The number of carbonyl (C=O) groups excluding carboxylic acids is 1. The molecule has 0 bridgehead atoms. The molecule has 0 radical (unpaired) electrons. The van der Waals surface area contributed by atoms with Gasteiger partial charge in [0.2, 0.25) is 5.91 Å². The summed E-state index contributed by atoms with van der Waals surface area (Å²) in [5.41, 5.74) is 10.9. The monoisotopic (exact) mass is 218 g/mol. The summed E-state index contributed by atoms with van der Waals surface area (Å²) in [6.45, 7) is 0. The van der Waals surface area contributed by atoms with Crippen molar-refractivity contribution in [2.24, 2.45) is 11.5 Å². The zero-order chi connectivity index (χ0) is 11.7. The van der Waals surface area contributed by atoms with Gasteiger partial charge in [-0.25, -0.2) is 4.98 Å². The zero-order valence-electron chi connectivity index (χ0n) is 8.33. The number of rotatable bonds is 2. The van der Waals surface area contributed by atoms with Crippen LogP contribution in [0.1, 0.15) is 11.7 Å². The third-order valence-corrected chi connectivity index (χ3v) is 2.22. The van der Waals surface area contributed by atoms with E-state index in [0.29, 0.717) is 5.65 Å². The van der Waals surface area contributed by atoms with Crippen LogP contribution in [-0.4, -0.2) is 15.3 Å². The summed E-state index contributed by atoms with van der Waals surface area (Å²) in [4.78, 5) is 26.6. The molecule has 0 aromatic carbocycles. The van der Waals surface area contributed by atoms with Crippen LogP contribution in [0.5, 0.6) is 0 Å². The third-order valence-electron chi connectivity index (χ3n) is 2.22. The van der Waals surface area contributed by atoms with Crippen LogP contribution in [0.3, 0.4) is 0 Å². The van der Waals surface area contributed by atoms with E-state index in [1.54, 1.807) is 24.4 Å². The molecule has 6 heteroatoms. The van der Waals surface area contributed by atoms with Gasteiger partial charge in [0.1, 0.15) is 11.7 Å². The van der Waals surface area contributed by atoms with E-state index >= 15 is 0 Å². The molecule has 1 unspecified atom stereocenters. The number of hydrogen-bond acceptors (Lipinski definition) is 4. The van der Waals surface area contributed by atoms with Crippen LogP contribution in [0.2, 0.25) is 0 Å². The molecule has 2 heterocycles. The van der Waals surface area contributed by atoms with Crippen LogP contribution in [-0.2, 0) is 4.79 Å². The summed E-state index contributed by atoms with van der Waals surface area (Å²) < 4.78 is 1.36. The average molecular weight is 218 g/mol. The first kappa shape index (κ1) is 10.3. The van der Waals surface area contributed by atoms with Crippen LogP contribution in [0.25, 0.3) is 5.65 Å². The Bertz CT molecular complexity index is 605. The molecule has 0 spiro atoms. The maximum absolute atomic E-state index is 11.6. The van der Waals surface area contributed by atoms with Gasteiger partial charge in [0.15, 0.2) is 0 Å². The third kappa shape index (κ3) is 1.66. The second-order valence-electron chi connectivity index (χ2n) is 3.33. The molecular formula is C10H10N4O2. The lowest BCUT2D eigenvalue weighted by Gasteiger charge is -2.07. The molecule has 2 aromatic rings. The molecule has 16 heavy (non-hydrogen) atoms. The Morgan fingerprint density at radius 1 is 1.44 bits per heavy atom. The summed E-state index contributed by atoms with van der Waals surface area (Å²) in [5, 5.41) is 0. The van der Waals surface area contributed by atoms with Crippen LogP contribution < -0.4 is 17.0 Å². The Morgan fingerprint density at radius 3 is 2.88 bits per heavy atom. The highest BCUT2D eigenvalue weighted by Gasteiger charge is 2.15. The van der Waals surface area contributed by atoms with Gasteiger partial charge in [0.25, 0.3) is 5.56 Å². The summed E-state index contributed by atoms with van der Waals surface area (Å²) in [7, 11) is 0. The van der Waals surface area contributed by atoms with Crippen LogP contribution in [0.15, 0.2) is 35.3 Å². The molecule has 2 aromatic heterocycles. The molecule has 82 valence electrons. The average Bonchev–Trinajstić information content (AvgIpc) is 2.28. The molecule has 1 atom stereocenters. The number of carbonyl (C=O) groups is 1. The van der Waals surface area contributed by atoms with Gasteiger partial charge in [-0.05, 0) is 12.1 Å². The highest BCUT2D eigenvalue weighted by atomic mass is 16.1. The molecule has 0 saturated heterocycles. The van der Waals surface area contributed by atoms with Gasteiger partial charge in [0, 0.05) is 12.3 Å². The van der Waals surface area contributed by atoms with Crippen molar-refractivity contribution in [3.8, 4) is 0 Å². The van der Waals surface area contributed by atoms with E-state index in [9.17, 15) is 9.59 Å². The van der Waals surface area contributed by atoms with Crippen LogP contribution in [0.4, 0.5) is 0 Å². The highest BCUT2D eigenvalue weighted by molar-refractivity contribution is 5.80. The number of hydrogen-bond donors (Lipinski definition) is 2. The molecule has 4 N–H and O–H groups in total. The predicted molar refractivity (Wildman–Crippen MR) is 57.6 cm³/mol. The largest absolute Gasteiger partial charge is 0.368 e. The summed E-state index contributed by atoms with van der Waals surface area (Å²) in [6.07, 6.45) is 1.59. The number of nitrogens with zero attached hydrogens (tertiary/aromatic N) is 2. The van der Waals surface area contributed by atoms with Gasteiger partial charge < -0.3 is 11.5 Å². The Morgan fingerprint density at radius 2 is 2.19 bits per heavy atom. The number of aromatic nitrogens is 2. The summed E-state index contributed by atoms with van der Waals surface area (Å²) in [5.74, 6) is -0.716. The zero-order valence-corrected chi connectivity index (χ0v) is 8.33. The minimum Gasteiger partial charge on any atom is -0.368 e. The van der Waals surface area contributed by atoms with Gasteiger partial charge in [-0.3, -0.25) is 14.0 Å². The number of primary amides is 1. The van der Waals surface area contributed by atoms with E-state index in [1.165, 1.54) is 10.5 Å². The standard InChI is InChI=1S/C10H10N4O2/c11-9(10(12)16)6-5-8(15)14-4-2-1-3-7(14)13-6/h1-5,9H,11H2,(H2,12,16). The van der Waals surface area contributed by atoms with E-state index in [0.717, 1.165) is 0 Å². The van der Waals surface area contributed by atoms with E-state index in [-0.39, 0.29) is 11.3 Å². The Balaban J connectivity index is 2.67. The van der Waals surface area contributed by atoms with Gasteiger partial charge in [-0.1, -0.05) is 6.07 Å². The Hall–Kier alpha value is -2.21. The molecule has 1 amide bonds. The van der Waals surface area contributed by atoms with Crippen molar-refractivity contribution in [2.75, 3.05) is 0 Å². The van der Waals surface area contributed by atoms with Crippen molar-refractivity contribution in [3.05, 3.63) is 46.5 Å². The highest BCUT2D eigenvalue weighted by Crippen LogP contribution is 2.05. The van der Waals surface area contributed by atoms with Gasteiger partial charge >= 0.3 is 0 Å². The molecular weight excluding hydrogens is 208 g/mol. The fourth-order valence-corrected chi connectivity index (χ4v) is 1.38. The van der Waals surface area contributed by atoms with Gasteiger partial charge in [-0.2, -0.15) is 0 Å². The molecule has 2 rings (SSSR count). The molecule has 0 aliphatic heterocycles.